The molecule has 0 saturated carbocycles. The molecule has 0 radical (unpaired) electrons. The molecule has 1 heterocycles. The molecule has 0 fully saturated rings. The average molecular weight is 168 g/mol. The van der Waals surface area contributed by atoms with E-state index < -0.39 is 11.5 Å². The van der Waals surface area contributed by atoms with Crippen LogP contribution >= 0.6 is 0 Å². The van der Waals surface area contributed by atoms with Crippen LogP contribution in [0.25, 0.3) is 0 Å². The van der Waals surface area contributed by atoms with Crippen molar-refractivity contribution in [1.29, 1.82) is 0 Å². The summed E-state index contributed by atoms with van der Waals surface area (Å²) in [6.45, 7) is 1.61. The van der Waals surface area contributed by atoms with Crippen LogP contribution in [0.3, 0.4) is 0 Å². The molecule has 0 aliphatic carbocycles. The number of rotatable bonds is 1. The first-order chi connectivity index (χ1) is 5.66. The minimum absolute atomic E-state index is 0.0694. The van der Waals surface area contributed by atoms with E-state index >= 15 is 0 Å². The SMILES string of the molecule is Cc1cc[nH]c(=O)c1C(=O)NO. The lowest BCUT2D eigenvalue weighted by Crippen LogP contribution is -2.28. The molecule has 5 nitrogen and oxygen atoms in total. The summed E-state index contributed by atoms with van der Waals surface area (Å²) in [7, 11) is 0. The van der Waals surface area contributed by atoms with E-state index in [2.05, 4.69) is 4.98 Å². The fraction of sp³-hybridized carbons (Fsp3) is 0.143. The Kier molecular flexibility index (Phi) is 2.25. The number of aromatic nitrogens is 1. The molecular formula is C7H8N2O3. The van der Waals surface area contributed by atoms with Gasteiger partial charge in [-0.1, -0.05) is 0 Å². The first-order valence-corrected chi connectivity index (χ1v) is 3.29. The predicted molar refractivity (Wildman–Crippen MR) is 41.1 cm³/mol. The van der Waals surface area contributed by atoms with Gasteiger partial charge in [-0.15, -0.1) is 0 Å². The third-order valence-corrected chi connectivity index (χ3v) is 1.50. The number of aryl methyl sites for hydroxylation is 1. The highest BCUT2D eigenvalue weighted by atomic mass is 16.5. The Balaban J connectivity index is 3.31. The van der Waals surface area contributed by atoms with Gasteiger partial charge in [-0.05, 0) is 18.6 Å². The molecule has 0 aromatic carbocycles. The van der Waals surface area contributed by atoms with Gasteiger partial charge in [-0.2, -0.15) is 0 Å². The van der Waals surface area contributed by atoms with Crippen molar-refractivity contribution in [3.05, 3.63) is 33.7 Å². The third kappa shape index (κ3) is 1.35. The van der Waals surface area contributed by atoms with E-state index in [0.717, 1.165) is 0 Å². The van der Waals surface area contributed by atoms with Gasteiger partial charge in [-0.25, -0.2) is 5.48 Å². The number of hydrogen-bond donors (Lipinski definition) is 3. The molecule has 64 valence electrons. The fourth-order valence-electron chi connectivity index (χ4n) is 0.915. The number of pyridine rings is 1. The summed E-state index contributed by atoms with van der Waals surface area (Å²) in [5, 5.41) is 8.28. The summed E-state index contributed by atoms with van der Waals surface area (Å²) in [4.78, 5) is 24.2. The normalized spacial score (nSPS) is 9.50. The second-order valence-corrected chi connectivity index (χ2v) is 2.31. The topological polar surface area (TPSA) is 82.2 Å². The number of H-pyrrole nitrogens is 1. The molecule has 1 aromatic heterocycles. The maximum Gasteiger partial charge on any atom is 0.280 e. The van der Waals surface area contributed by atoms with Crippen LogP contribution in [0.5, 0.6) is 0 Å². The number of aromatic amines is 1. The van der Waals surface area contributed by atoms with Gasteiger partial charge < -0.3 is 4.98 Å². The van der Waals surface area contributed by atoms with Gasteiger partial charge in [0.2, 0.25) is 0 Å². The number of amides is 1. The number of nitrogens with one attached hydrogen (secondary N) is 2. The Morgan fingerprint density at radius 3 is 2.83 bits per heavy atom. The summed E-state index contributed by atoms with van der Waals surface area (Å²) >= 11 is 0. The van der Waals surface area contributed by atoms with Crippen molar-refractivity contribution in [2.45, 2.75) is 6.92 Å². The zero-order valence-electron chi connectivity index (χ0n) is 6.42. The second kappa shape index (κ2) is 3.19. The standard InChI is InChI=1S/C7H8N2O3/c1-4-2-3-8-6(10)5(4)7(11)9-12/h2-3,12H,1H3,(H,8,10)(H,9,11). The minimum Gasteiger partial charge on any atom is -0.328 e. The van der Waals surface area contributed by atoms with E-state index in [-0.39, 0.29) is 5.56 Å². The highest BCUT2D eigenvalue weighted by molar-refractivity contribution is 5.94. The molecule has 0 unspecified atom stereocenters. The maximum absolute atomic E-state index is 11.0. The number of carbonyl (C=O) groups is 1. The van der Waals surface area contributed by atoms with Crippen molar-refractivity contribution in [3.63, 3.8) is 0 Å². The van der Waals surface area contributed by atoms with Crippen molar-refractivity contribution in [3.8, 4) is 0 Å². The molecule has 0 saturated heterocycles. The molecular weight excluding hydrogens is 160 g/mol. The molecule has 1 rings (SSSR count). The minimum atomic E-state index is -0.797. The van der Waals surface area contributed by atoms with E-state index in [9.17, 15) is 9.59 Å². The van der Waals surface area contributed by atoms with E-state index in [4.69, 9.17) is 5.21 Å². The third-order valence-electron chi connectivity index (χ3n) is 1.50. The summed E-state index contributed by atoms with van der Waals surface area (Å²) in [5.74, 6) is -0.797. The first kappa shape index (κ1) is 8.48. The molecule has 0 atom stereocenters. The summed E-state index contributed by atoms with van der Waals surface area (Å²) in [6.07, 6.45) is 1.44. The summed E-state index contributed by atoms with van der Waals surface area (Å²) in [5.41, 5.74) is 1.34. The smallest absolute Gasteiger partial charge is 0.280 e. The number of carbonyl (C=O) groups excluding carboxylic acids is 1. The lowest BCUT2D eigenvalue weighted by molar-refractivity contribution is 0.0704. The second-order valence-electron chi connectivity index (χ2n) is 2.31. The zero-order chi connectivity index (χ0) is 9.14. The average Bonchev–Trinajstić information content (AvgIpc) is 2.03. The van der Waals surface area contributed by atoms with Gasteiger partial charge in [0.1, 0.15) is 5.56 Å². The van der Waals surface area contributed by atoms with Crippen LogP contribution in [-0.4, -0.2) is 16.1 Å². The van der Waals surface area contributed by atoms with E-state index in [1.807, 2.05) is 0 Å². The van der Waals surface area contributed by atoms with Crippen LogP contribution in [0.1, 0.15) is 15.9 Å². The van der Waals surface area contributed by atoms with E-state index in [0.29, 0.717) is 5.56 Å². The van der Waals surface area contributed by atoms with Gasteiger partial charge >= 0.3 is 0 Å². The molecule has 12 heavy (non-hydrogen) atoms. The van der Waals surface area contributed by atoms with Crippen molar-refractivity contribution >= 4 is 5.91 Å². The van der Waals surface area contributed by atoms with Crippen molar-refractivity contribution in [2.75, 3.05) is 0 Å². The molecule has 1 aromatic rings. The molecule has 0 spiro atoms. The van der Waals surface area contributed by atoms with Crippen molar-refractivity contribution in [2.24, 2.45) is 0 Å². The quantitative estimate of drug-likeness (QED) is 0.401. The lowest BCUT2D eigenvalue weighted by Gasteiger charge is -1.99. The van der Waals surface area contributed by atoms with E-state index in [1.54, 1.807) is 13.0 Å². The maximum atomic E-state index is 11.0. The van der Waals surface area contributed by atoms with Crippen LogP contribution in [0.15, 0.2) is 17.1 Å². The zero-order valence-corrected chi connectivity index (χ0v) is 6.42. The van der Waals surface area contributed by atoms with Crippen molar-refractivity contribution in [1.82, 2.24) is 10.5 Å². The lowest BCUT2D eigenvalue weighted by atomic mass is 10.1. The fourth-order valence-corrected chi connectivity index (χ4v) is 0.915. The summed E-state index contributed by atoms with van der Waals surface area (Å²) in [6, 6.07) is 1.58. The Morgan fingerprint density at radius 1 is 1.67 bits per heavy atom. The molecule has 0 aliphatic rings. The van der Waals surface area contributed by atoms with Gasteiger partial charge in [-0.3, -0.25) is 14.8 Å². The van der Waals surface area contributed by atoms with Crippen LogP contribution in [0.2, 0.25) is 0 Å². The van der Waals surface area contributed by atoms with E-state index in [1.165, 1.54) is 11.7 Å². The predicted octanol–water partition coefficient (Wildman–Crippen LogP) is -0.198. The van der Waals surface area contributed by atoms with Gasteiger partial charge in [0.05, 0.1) is 0 Å². The molecule has 1 amide bonds. The largest absolute Gasteiger partial charge is 0.328 e. The number of hydrogen-bond acceptors (Lipinski definition) is 3. The van der Waals surface area contributed by atoms with Crippen LogP contribution < -0.4 is 11.0 Å². The van der Waals surface area contributed by atoms with Gasteiger partial charge in [0.25, 0.3) is 11.5 Å². The molecule has 0 bridgehead atoms. The highest BCUT2D eigenvalue weighted by Crippen LogP contribution is 1.98. The highest BCUT2D eigenvalue weighted by Gasteiger charge is 2.11. The Hall–Kier alpha value is -1.62. The van der Waals surface area contributed by atoms with Gasteiger partial charge in [0.15, 0.2) is 0 Å². The molecule has 0 aliphatic heterocycles. The van der Waals surface area contributed by atoms with Crippen LogP contribution in [-0.2, 0) is 0 Å². The Labute approximate surface area is 68.0 Å². The molecule has 3 N–H and O–H groups in total. The van der Waals surface area contributed by atoms with Crippen LogP contribution in [0.4, 0.5) is 0 Å². The van der Waals surface area contributed by atoms with Crippen LogP contribution in [0, 0.1) is 6.92 Å². The summed E-state index contributed by atoms with van der Waals surface area (Å²) < 4.78 is 0. The van der Waals surface area contributed by atoms with Crippen molar-refractivity contribution < 1.29 is 10.0 Å². The monoisotopic (exact) mass is 168 g/mol. The molecule has 5 heteroatoms. The Bertz CT molecular complexity index is 356. The number of hydroxylamine groups is 1. The van der Waals surface area contributed by atoms with Gasteiger partial charge in [0, 0.05) is 6.20 Å². The first-order valence-electron chi connectivity index (χ1n) is 3.29. The Morgan fingerprint density at radius 2 is 2.33 bits per heavy atom.